The Hall–Kier alpha value is -1.62. The van der Waals surface area contributed by atoms with E-state index in [4.69, 9.17) is 21.1 Å². The summed E-state index contributed by atoms with van der Waals surface area (Å²) >= 11 is 5.72. The van der Waals surface area contributed by atoms with E-state index < -0.39 is 0 Å². The molecule has 0 saturated carbocycles. The number of halogens is 1. The first-order valence-electron chi connectivity index (χ1n) is 7.67. The van der Waals surface area contributed by atoms with Crippen LogP contribution in [0.15, 0.2) is 6.07 Å². The normalized spacial score (nSPS) is 18.9. The van der Waals surface area contributed by atoms with Gasteiger partial charge >= 0.3 is 0 Å². The summed E-state index contributed by atoms with van der Waals surface area (Å²) < 4.78 is 11.3. The van der Waals surface area contributed by atoms with Gasteiger partial charge in [-0.25, -0.2) is 0 Å². The zero-order chi connectivity index (χ0) is 15.7. The van der Waals surface area contributed by atoms with E-state index in [1.165, 1.54) is 0 Å². The standard InChI is InChI=1S/C16H20ClNO4/c1-2-5-18(13(19)8-17)11-9-22-12-7-10-4-3-6-21-16(10)15(20)14(11)12/h7,11,20H,2-6,8-9H2,1H3. The van der Waals surface area contributed by atoms with Crippen LogP contribution in [0.2, 0.25) is 0 Å². The number of rotatable bonds is 4. The van der Waals surface area contributed by atoms with Crippen LogP contribution in [0.1, 0.15) is 36.9 Å². The first-order chi connectivity index (χ1) is 10.7. The summed E-state index contributed by atoms with van der Waals surface area (Å²) in [4.78, 5) is 13.8. The zero-order valence-corrected chi connectivity index (χ0v) is 13.4. The molecule has 2 aliphatic rings. The number of hydrogen-bond donors (Lipinski definition) is 1. The number of alkyl halides is 1. The monoisotopic (exact) mass is 325 g/mol. The molecule has 6 heteroatoms. The molecule has 0 bridgehead atoms. The highest BCUT2D eigenvalue weighted by molar-refractivity contribution is 6.27. The number of nitrogens with zero attached hydrogens (tertiary/aromatic N) is 1. The van der Waals surface area contributed by atoms with E-state index in [-0.39, 0.29) is 23.6 Å². The molecule has 1 aromatic carbocycles. The predicted octanol–water partition coefficient (Wildman–Crippen LogP) is 2.63. The molecule has 1 atom stereocenters. The summed E-state index contributed by atoms with van der Waals surface area (Å²) in [5.41, 5.74) is 1.61. The Bertz CT molecular complexity index is 590. The van der Waals surface area contributed by atoms with Gasteiger partial charge in [-0.15, -0.1) is 11.6 Å². The predicted molar refractivity (Wildman–Crippen MR) is 82.9 cm³/mol. The number of phenolic OH excluding ortho intramolecular Hbond substituents is 1. The van der Waals surface area contributed by atoms with Gasteiger partial charge in [0.2, 0.25) is 5.91 Å². The quantitative estimate of drug-likeness (QED) is 0.865. The fraction of sp³-hybridized carbons (Fsp3) is 0.562. The Labute approximate surface area is 134 Å². The van der Waals surface area contributed by atoms with Crippen molar-refractivity contribution in [3.05, 3.63) is 17.2 Å². The topological polar surface area (TPSA) is 59.0 Å². The minimum Gasteiger partial charge on any atom is -0.504 e. The minimum atomic E-state index is -0.308. The van der Waals surface area contributed by atoms with E-state index in [9.17, 15) is 9.90 Å². The lowest BCUT2D eigenvalue weighted by atomic mass is 9.98. The summed E-state index contributed by atoms with van der Waals surface area (Å²) in [7, 11) is 0. The Morgan fingerprint density at radius 3 is 3.05 bits per heavy atom. The van der Waals surface area contributed by atoms with Crippen molar-refractivity contribution in [2.45, 2.75) is 32.2 Å². The van der Waals surface area contributed by atoms with E-state index in [1.54, 1.807) is 4.90 Å². The van der Waals surface area contributed by atoms with Gasteiger partial charge in [0.1, 0.15) is 18.2 Å². The summed E-state index contributed by atoms with van der Waals surface area (Å²) in [5.74, 6) is 1.07. The van der Waals surface area contributed by atoms with Crippen LogP contribution in [0.3, 0.4) is 0 Å². The molecule has 1 unspecified atom stereocenters. The number of amides is 1. The van der Waals surface area contributed by atoms with Crippen LogP contribution in [0.5, 0.6) is 17.2 Å². The molecule has 2 aliphatic heterocycles. The van der Waals surface area contributed by atoms with Crippen LogP contribution >= 0.6 is 11.6 Å². The molecule has 1 aromatic rings. The van der Waals surface area contributed by atoms with Crippen LogP contribution in [0.4, 0.5) is 0 Å². The van der Waals surface area contributed by atoms with Crippen LogP contribution in [-0.2, 0) is 11.2 Å². The first kappa shape index (κ1) is 15.3. The molecular formula is C16H20ClNO4. The van der Waals surface area contributed by atoms with Crippen molar-refractivity contribution in [3.63, 3.8) is 0 Å². The second-order valence-electron chi connectivity index (χ2n) is 5.62. The molecular weight excluding hydrogens is 306 g/mol. The Kier molecular flexibility index (Phi) is 4.34. The average molecular weight is 326 g/mol. The van der Waals surface area contributed by atoms with Gasteiger partial charge < -0.3 is 19.5 Å². The third-order valence-electron chi connectivity index (χ3n) is 4.17. The van der Waals surface area contributed by atoms with Crippen molar-refractivity contribution in [3.8, 4) is 17.2 Å². The lowest BCUT2D eigenvalue weighted by molar-refractivity contribution is -0.131. The second-order valence-corrected chi connectivity index (χ2v) is 5.89. The minimum absolute atomic E-state index is 0.0754. The smallest absolute Gasteiger partial charge is 0.238 e. The number of carbonyl (C=O) groups is 1. The second kappa shape index (κ2) is 6.24. The molecule has 0 saturated heterocycles. The van der Waals surface area contributed by atoms with Crippen molar-refractivity contribution >= 4 is 17.5 Å². The zero-order valence-electron chi connectivity index (χ0n) is 12.6. The fourth-order valence-corrected chi connectivity index (χ4v) is 3.34. The average Bonchev–Trinajstić information content (AvgIpc) is 2.96. The van der Waals surface area contributed by atoms with Crippen LogP contribution < -0.4 is 9.47 Å². The van der Waals surface area contributed by atoms with E-state index in [0.717, 1.165) is 24.8 Å². The third-order valence-corrected chi connectivity index (χ3v) is 4.40. The first-order valence-corrected chi connectivity index (χ1v) is 8.20. The molecule has 1 N–H and O–H groups in total. The molecule has 0 aromatic heterocycles. The van der Waals surface area contributed by atoms with Crippen molar-refractivity contribution in [2.24, 2.45) is 0 Å². The highest BCUT2D eigenvalue weighted by Gasteiger charge is 2.37. The fourth-order valence-electron chi connectivity index (χ4n) is 3.19. The summed E-state index contributed by atoms with van der Waals surface area (Å²) in [6.07, 6.45) is 2.61. The summed E-state index contributed by atoms with van der Waals surface area (Å²) in [6.45, 7) is 3.52. The number of ether oxygens (including phenoxy) is 2. The molecule has 0 spiro atoms. The van der Waals surface area contributed by atoms with E-state index in [2.05, 4.69) is 0 Å². The van der Waals surface area contributed by atoms with Crippen LogP contribution in [0.25, 0.3) is 0 Å². The molecule has 22 heavy (non-hydrogen) atoms. The number of hydrogen-bond acceptors (Lipinski definition) is 4. The molecule has 5 nitrogen and oxygen atoms in total. The van der Waals surface area contributed by atoms with Gasteiger partial charge in [0.25, 0.3) is 0 Å². The van der Waals surface area contributed by atoms with Gasteiger partial charge in [-0.05, 0) is 25.3 Å². The molecule has 2 heterocycles. The van der Waals surface area contributed by atoms with Gasteiger partial charge in [0, 0.05) is 12.1 Å². The number of aryl methyl sites for hydroxylation is 1. The number of phenols is 1. The third kappa shape index (κ3) is 2.47. The Morgan fingerprint density at radius 2 is 2.32 bits per heavy atom. The SMILES string of the molecule is CCCN(C(=O)CCl)C1COc2cc3c(c(O)c21)OCCC3. The van der Waals surface area contributed by atoms with E-state index in [0.29, 0.717) is 36.8 Å². The van der Waals surface area contributed by atoms with Gasteiger partial charge in [-0.1, -0.05) is 6.92 Å². The van der Waals surface area contributed by atoms with Crippen molar-refractivity contribution in [2.75, 3.05) is 25.6 Å². The Balaban J connectivity index is 2.01. The molecule has 0 fully saturated rings. The molecule has 120 valence electrons. The maximum absolute atomic E-state index is 12.1. The maximum atomic E-state index is 12.1. The van der Waals surface area contributed by atoms with Gasteiger partial charge in [0.05, 0.1) is 18.2 Å². The molecule has 1 amide bonds. The highest BCUT2D eigenvalue weighted by Crippen LogP contribution is 2.49. The molecule has 0 aliphatic carbocycles. The van der Waals surface area contributed by atoms with Crippen molar-refractivity contribution in [1.82, 2.24) is 4.90 Å². The highest BCUT2D eigenvalue weighted by atomic mass is 35.5. The van der Waals surface area contributed by atoms with E-state index in [1.807, 2.05) is 13.0 Å². The van der Waals surface area contributed by atoms with Gasteiger partial charge in [-0.2, -0.15) is 0 Å². The van der Waals surface area contributed by atoms with E-state index >= 15 is 0 Å². The number of fused-ring (bicyclic) bond motifs is 2. The number of aromatic hydroxyl groups is 1. The maximum Gasteiger partial charge on any atom is 0.238 e. The summed E-state index contributed by atoms with van der Waals surface area (Å²) in [6, 6.07) is 1.62. The van der Waals surface area contributed by atoms with Crippen LogP contribution in [0, 0.1) is 0 Å². The van der Waals surface area contributed by atoms with Gasteiger partial charge in [0.15, 0.2) is 11.5 Å². The lowest BCUT2D eigenvalue weighted by Gasteiger charge is -2.28. The van der Waals surface area contributed by atoms with Crippen molar-refractivity contribution in [1.29, 1.82) is 0 Å². The lowest BCUT2D eigenvalue weighted by Crippen LogP contribution is -2.37. The largest absolute Gasteiger partial charge is 0.504 e. The number of benzene rings is 1. The van der Waals surface area contributed by atoms with Crippen LogP contribution in [-0.4, -0.2) is 41.6 Å². The number of carbonyl (C=O) groups excluding carboxylic acids is 1. The Morgan fingerprint density at radius 1 is 1.50 bits per heavy atom. The molecule has 3 rings (SSSR count). The summed E-state index contributed by atoms with van der Waals surface area (Å²) in [5, 5.41) is 10.6. The van der Waals surface area contributed by atoms with Gasteiger partial charge in [-0.3, -0.25) is 4.79 Å². The van der Waals surface area contributed by atoms with Crippen molar-refractivity contribution < 1.29 is 19.4 Å². The molecule has 0 radical (unpaired) electrons.